The maximum absolute atomic E-state index is 13.7. The Balaban J connectivity index is 1.35. The van der Waals surface area contributed by atoms with Crippen LogP contribution >= 0.6 is 11.8 Å². The second-order valence-electron chi connectivity index (χ2n) is 10.2. The second-order valence-corrected chi connectivity index (χ2v) is 11.3. The number of carbonyl (C=O) groups excluding carboxylic acids is 1. The molecule has 0 spiro atoms. The lowest BCUT2D eigenvalue weighted by atomic mass is 10.1. The second kappa shape index (κ2) is 13.3. The van der Waals surface area contributed by atoms with E-state index in [0.717, 1.165) is 61.6 Å². The van der Waals surface area contributed by atoms with Crippen molar-refractivity contribution in [1.29, 1.82) is 0 Å². The fourth-order valence-electron chi connectivity index (χ4n) is 4.60. The minimum absolute atomic E-state index is 0.198. The van der Waals surface area contributed by atoms with Crippen molar-refractivity contribution in [2.75, 3.05) is 56.3 Å². The first-order valence-corrected chi connectivity index (χ1v) is 14.3. The van der Waals surface area contributed by atoms with Crippen LogP contribution in [0, 0.1) is 11.6 Å². The van der Waals surface area contributed by atoms with Gasteiger partial charge in [0, 0.05) is 59.2 Å². The summed E-state index contributed by atoms with van der Waals surface area (Å²) in [4.78, 5) is 21.1. The number of carbonyl (C=O) groups is 1. The van der Waals surface area contributed by atoms with E-state index in [2.05, 4.69) is 36.0 Å². The summed E-state index contributed by atoms with van der Waals surface area (Å²) in [5.74, 6) is -1.24. The van der Waals surface area contributed by atoms with Crippen LogP contribution in [0.25, 0.3) is 11.0 Å². The predicted octanol–water partition coefficient (Wildman–Crippen LogP) is 5.59. The van der Waals surface area contributed by atoms with Crippen molar-refractivity contribution >= 4 is 45.9 Å². The molecule has 0 radical (unpaired) electrons. The van der Waals surface area contributed by atoms with Crippen molar-refractivity contribution in [3.05, 3.63) is 65.9 Å². The number of anilines is 3. The quantitative estimate of drug-likeness (QED) is 0.170. The molecule has 3 heterocycles. The minimum atomic E-state index is -0.655. The third kappa shape index (κ3) is 7.72. The standard InChI is InChI=1S/C29H33F2N7O2S/c1-38(2)9-3-8-32-21-4-5-24(26(15-21)34-20-6-10-40-11-7-20)29(39)35-28-25-16-23(17-33-27(25)36-37-28)41-22-13-18(30)12-19(31)14-22/h4-5,12-17,20,32,34H,3,6-11H2,1-2H3,(H2,33,35,36,37,39). The molecule has 1 fully saturated rings. The van der Waals surface area contributed by atoms with Gasteiger partial charge in [-0.15, -0.1) is 0 Å². The molecule has 1 aliphatic rings. The highest BCUT2D eigenvalue weighted by Crippen LogP contribution is 2.32. The number of nitrogens with zero attached hydrogens (tertiary/aromatic N) is 3. The summed E-state index contributed by atoms with van der Waals surface area (Å²) < 4.78 is 32.8. The Hall–Kier alpha value is -3.74. The fourth-order valence-corrected chi connectivity index (χ4v) is 5.49. The first kappa shape index (κ1) is 28.8. The maximum Gasteiger partial charge on any atom is 0.258 e. The summed E-state index contributed by atoms with van der Waals surface area (Å²) in [6.45, 7) is 3.15. The normalized spacial score (nSPS) is 14.0. The van der Waals surface area contributed by atoms with Crippen molar-refractivity contribution < 1.29 is 18.3 Å². The zero-order valence-electron chi connectivity index (χ0n) is 23.0. The Morgan fingerprint density at radius 1 is 1.10 bits per heavy atom. The van der Waals surface area contributed by atoms with E-state index >= 15 is 0 Å². The average Bonchev–Trinajstić information content (AvgIpc) is 3.33. The molecule has 0 unspecified atom stereocenters. The molecule has 0 bridgehead atoms. The minimum Gasteiger partial charge on any atom is -0.385 e. The molecule has 4 N–H and O–H groups in total. The van der Waals surface area contributed by atoms with Gasteiger partial charge in [0.1, 0.15) is 17.5 Å². The summed E-state index contributed by atoms with van der Waals surface area (Å²) in [5.41, 5.74) is 2.57. The van der Waals surface area contributed by atoms with Crippen LogP contribution in [-0.4, -0.2) is 72.4 Å². The lowest BCUT2D eigenvalue weighted by molar-refractivity contribution is 0.0904. The molecule has 1 aliphatic heterocycles. The SMILES string of the molecule is CN(C)CCCNc1ccc(C(=O)Nc2[nH]nc3ncc(Sc4cc(F)cc(F)c4)cc23)c(NC2CCOCC2)c1. The predicted molar refractivity (Wildman–Crippen MR) is 158 cm³/mol. The molecular formula is C29H33F2N7O2S. The van der Waals surface area contributed by atoms with Crippen LogP contribution in [-0.2, 0) is 4.74 Å². The molecular weight excluding hydrogens is 548 g/mol. The Kier molecular flexibility index (Phi) is 9.32. The van der Waals surface area contributed by atoms with Gasteiger partial charge >= 0.3 is 0 Å². The highest BCUT2D eigenvalue weighted by atomic mass is 32.2. The molecule has 0 aliphatic carbocycles. The van der Waals surface area contributed by atoms with E-state index in [-0.39, 0.29) is 11.9 Å². The van der Waals surface area contributed by atoms with Crippen LogP contribution in [0.1, 0.15) is 29.6 Å². The molecule has 1 amide bonds. The number of halogens is 2. The summed E-state index contributed by atoms with van der Waals surface area (Å²) in [5, 5.41) is 17.6. The van der Waals surface area contributed by atoms with Gasteiger partial charge in [-0.3, -0.25) is 9.89 Å². The first-order chi connectivity index (χ1) is 19.8. The number of amides is 1. The largest absolute Gasteiger partial charge is 0.385 e. The molecule has 0 atom stereocenters. The van der Waals surface area contributed by atoms with Crippen LogP contribution < -0.4 is 16.0 Å². The molecule has 9 nitrogen and oxygen atoms in total. The maximum atomic E-state index is 13.7. The van der Waals surface area contributed by atoms with Gasteiger partial charge in [0.2, 0.25) is 0 Å². The summed E-state index contributed by atoms with van der Waals surface area (Å²) in [6.07, 6.45) is 4.28. The van der Waals surface area contributed by atoms with E-state index in [0.29, 0.717) is 45.4 Å². The molecule has 4 aromatic rings. The molecule has 0 saturated carbocycles. The number of aromatic nitrogens is 3. The van der Waals surface area contributed by atoms with Crippen molar-refractivity contribution in [2.24, 2.45) is 0 Å². The van der Waals surface area contributed by atoms with Gasteiger partial charge in [0.15, 0.2) is 5.65 Å². The highest BCUT2D eigenvalue weighted by molar-refractivity contribution is 7.99. The summed E-state index contributed by atoms with van der Waals surface area (Å²) >= 11 is 1.16. The van der Waals surface area contributed by atoms with Gasteiger partial charge in [-0.2, -0.15) is 5.10 Å². The zero-order chi connectivity index (χ0) is 28.8. The monoisotopic (exact) mass is 581 g/mol. The molecule has 5 rings (SSSR count). The third-order valence-corrected chi connectivity index (χ3v) is 7.58. The van der Waals surface area contributed by atoms with Crippen LogP contribution in [0.3, 0.4) is 0 Å². The van der Waals surface area contributed by atoms with Crippen LogP contribution in [0.2, 0.25) is 0 Å². The van der Waals surface area contributed by atoms with E-state index in [1.807, 2.05) is 32.3 Å². The fraction of sp³-hybridized carbons (Fsp3) is 0.345. The van der Waals surface area contributed by atoms with E-state index < -0.39 is 11.6 Å². The molecule has 12 heteroatoms. The smallest absolute Gasteiger partial charge is 0.258 e. The Labute approximate surface area is 241 Å². The number of benzene rings is 2. The molecule has 216 valence electrons. The van der Waals surface area contributed by atoms with E-state index in [9.17, 15) is 13.6 Å². The third-order valence-electron chi connectivity index (χ3n) is 6.65. The lowest BCUT2D eigenvalue weighted by Gasteiger charge is -2.25. The highest BCUT2D eigenvalue weighted by Gasteiger charge is 2.20. The Morgan fingerprint density at radius 3 is 2.63 bits per heavy atom. The van der Waals surface area contributed by atoms with Crippen molar-refractivity contribution in [2.45, 2.75) is 35.1 Å². The summed E-state index contributed by atoms with van der Waals surface area (Å²) in [6, 6.07) is 11.0. The zero-order valence-corrected chi connectivity index (χ0v) is 23.8. The number of hydrogen-bond donors (Lipinski definition) is 4. The van der Waals surface area contributed by atoms with Crippen molar-refractivity contribution in [3.63, 3.8) is 0 Å². The number of fused-ring (bicyclic) bond motifs is 1. The van der Waals surface area contributed by atoms with Crippen molar-refractivity contribution in [1.82, 2.24) is 20.1 Å². The summed E-state index contributed by atoms with van der Waals surface area (Å²) in [7, 11) is 4.10. The molecule has 2 aromatic carbocycles. The Bertz CT molecular complexity index is 1490. The van der Waals surface area contributed by atoms with Gasteiger partial charge in [-0.1, -0.05) is 11.8 Å². The number of nitrogens with one attached hydrogen (secondary N) is 4. The van der Waals surface area contributed by atoms with E-state index in [1.165, 1.54) is 12.1 Å². The van der Waals surface area contributed by atoms with Crippen LogP contribution in [0.4, 0.5) is 26.0 Å². The number of ether oxygens (including phenoxy) is 1. The van der Waals surface area contributed by atoms with Gasteiger partial charge in [0.25, 0.3) is 5.91 Å². The van der Waals surface area contributed by atoms with Crippen LogP contribution in [0.5, 0.6) is 0 Å². The van der Waals surface area contributed by atoms with Gasteiger partial charge in [0.05, 0.1) is 10.9 Å². The van der Waals surface area contributed by atoms with Crippen molar-refractivity contribution in [3.8, 4) is 0 Å². The molecule has 41 heavy (non-hydrogen) atoms. The van der Waals surface area contributed by atoms with E-state index in [1.54, 1.807) is 12.3 Å². The van der Waals surface area contributed by atoms with Gasteiger partial charge in [-0.05, 0) is 76.3 Å². The Morgan fingerprint density at radius 2 is 1.88 bits per heavy atom. The number of H-pyrrole nitrogens is 1. The number of hydrogen-bond acceptors (Lipinski definition) is 8. The van der Waals surface area contributed by atoms with Crippen LogP contribution in [0.15, 0.2) is 58.5 Å². The van der Waals surface area contributed by atoms with Gasteiger partial charge < -0.3 is 25.6 Å². The number of rotatable bonds is 11. The number of pyridine rings is 1. The number of aromatic amines is 1. The lowest BCUT2D eigenvalue weighted by Crippen LogP contribution is -2.29. The first-order valence-electron chi connectivity index (χ1n) is 13.5. The molecule has 1 saturated heterocycles. The van der Waals surface area contributed by atoms with Gasteiger partial charge in [-0.25, -0.2) is 13.8 Å². The average molecular weight is 582 g/mol. The topological polar surface area (TPSA) is 107 Å². The van der Waals surface area contributed by atoms with E-state index in [4.69, 9.17) is 4.74 Å². The molecule has 2 aromatic heterocycles.